The molecule has 0 saturated heterocycles. The largest absolute Gasteiger partial charge is 0.330 e. The third-order valence-corrected chi connectivity index (χ3v) is 3.83. The minimum atomic E-state index is 0.516. The second-order valence-electron chi connectivity index (χ2n) is 4.29. The van der Waals surface area contributed by atoms with Gasteiger partial charge in [-0.25, -0.2) is 0 Å². The Kier molecular flexibility index (Phi) is 3.91. The third-order valence-electron chi connectivity index (χ3n) is 3.22. The van der Waals surface area contributed by atoms with E-state index >= 15 is 0 Å². The molecule has 1 saturated carbocycles. The van der Waals surface area contributed by atoms with E-state index in [2.05, 4.69) is 13.2 Å². The maximum absolute atomic E-state index is 5.86. The van der Waals surface area contributed by atoms with Crippen molar-refractivity contribution in [1.82, 2.24) is 0 Å². The van der Waals surface area contributed by atoms with Crippen molar-refractivity contribution in [3.8, 4) is 0 Å². The van der Waals surface area contributed by atoms with E-state index in [1.807, 2.05) is 11.8 Å². The highest BCUT2D eigenvalue weighted by Crippen LogP contribution is 2.43. The van der Waals surface area contributed by atoms with Crippen LogP contribution in [0.15, 0.2) is 0 Å². The Labute approximate surface area is 80.5 Å². The van der Waals surface area contributed by atoms with Gasteiger partial charge < -0.3 is 5.73 Å². The molecule has 2 N–H and O–H groups in total. The van der Waals surface area contributed by atoms with Crippen LogP contribution in [0.5, 0.6) is 0 Å². The molecule has 0 aliphatic heterocycles. The maximum atomic E-state index is 5.86. The molecule has 2 heteroatoms. The fourth-order valence-corrected chi connectivity index (χ4v) is 2.97. The highest BCUT2D eigenvalue weighted by atomic mass is 32.2. The van der Waals surface area contributed by atoms with Gasteiger partial charge in [0.25, 0.3) is 0 Å². The van der Waals surface area contributed by atoms with Crippen LogP contribution in [0.1, 0.15) is 32.6 Å². The molecule has 12 heavy (non-hydrogen) atoms. The van der Waals surface area contributed by atoms with Gasteiger partial charge in [0.2, 0.25) is 0 Å². The van der Waals surface area contributed by atoms with Crippen LogP contribution in [0.3, 0.4) is 0 Å². The zero-order chi connectivity index (χ0) is 9.03. The molecule has 0 aromatic carbocycles. The van der Waals surface area contributed by atoms with Gasteiger partial charge in [0.05, 0.1) is 0 Å². The number of hydrogen-bond acceptors (Lipinski definition) is 2. The molecule has 0 amide bonds. The number of hydrogen-bond donors (Lipinski definition) is 1. The van der Waals surface area contributed by atoms with E-state index in [0.29, 0.717) is 5.41 Å². The summed E-state index contributed by atoms with van der Waals surface area (Å²) in [6, 6.07) is 0. The second kappa shape index (κ2) is 4.52. The van der Waals surface area contributed by atoms with Crippen molar-refractivity contribution in [3.05, 3.63) is 0 Å². The van der Waals surface area contributed by atoms with Crippen molar-refractivity contribution in [1.29, 1.82) is 0 Å². The van der Waals surface area contributed by atoms with Crippen molar-refractivity contribution < 1.29 is 0 Å². The van der Waals surface area contributed by atoms with E-state index in [1.165, 1.54) is 31.4 Å². The lowest BCUT2D eigenvalue weighted by atomic mass is 9.83. The predicted octanol–water partition coefficient (Wildman–Crippen LogP) is 2.50. The lowest BCUT2D eigenvalue weighted by Crippen LogP contribution is -2.28. The molecule has 1 aliphatic carbocycles. The van der Waals surface area contributed by atoms with Gasteiger partial charge >= 0.3 is 0 Å². The predicted molar refractivity (Wildman–Crippen MR) is 57.5 cm³/mol. The summed E-state index contributed by atoms with van der Waals surface area (Å²) in [5, 5.41) is 0. The van der Waals surface area contributed by atoms with Crippen molar-refractivity contribution in [3.63, 3.8) is 0 Å². The van der Waals surface area contributed by atoms with Crippen LogP contribution in [0.4, 0.5) is 0 Å². The van der Waals surface area contributed by atoms with Crippen LogP contribution < -0.4 is 5.73 Å². The monoisotopic (exact) mass is 187 g/mol. The van der Waals surface area contributed by atoms with Gasteiger partial charge in [0, 0.05) is 0 Å². The molecule has 1 aliphatic rings. The lowest BCUT2D eigenvalue weighted by molar-refractivity contribution is 0.289. The van der Waals surface area contributed by atoms with E-state index in [9.17, 15) is 0 Å². The van der Waals surface area contributed by atoms with Crippen LogP contribution in [0, 0.1) is 11.3 Å². The Morgan fingerprint density at radius 2 is 2.33 bits per heavy atom. The Bertz CT molecular complexity index is 138. The number of thioether (sulfide) groups is 1. The van der Waals surface area contributed by atoms with Crippen LogP contribution >= 0.6 is 11.8 Å². The summed E-state index contributed by atoms with van der Waals surface area (Å²) in [6.45, 7) is 3.26. The van der Waals surface area contributed by atoms with Crippen LogP contribution in [-0.2, 0) is 0 Å². The number of nitrogens with two attached hydrogens (primary N) is 1. The van der Waals surface area contributed by atoms with E-state index in [0.717, 1.165) is 12.5 Å². The Morgan fingerprint density at radius 1 is 1.58 bits per heavy atom. The first-order valence-corrected chi connectivity index (χ1v) is 6.31. The van der Waals surface area contributed by atoms with Gasteiger partial charge in [-0.2, -0.15) is 11.8 Å². The first kappa shape index (κ1) is 10.4. The zero-order valence-electron chi connectivity index (χ0n) is 8.31. The number of rotatable bonds is 4. The highest BCUT2D eigenvalue weighted by Gasteiger charge is 2.35. The van der Waals surface area contributed by atoms with Crippen LogP contribution in [-0.4, -0.2) is 18.6 Å². The SMILES string of the molecule is CSCCC1(CN)CCC(C)C1. The van der Waals surface area contributed by atoms with Crippen molar-refractivity contribution >= 4 is 11.8 Å². The quantitative estimate of drug-likeness (QED) is 0.732. The maximum Gasteiger partial charge on any atom is -0.00201 e. The van der Waals surface area contributed by atoms with E-state index in [-0.39, 0.29) is 0 Å². The van der Waals surface area contributed by atoms with Gasteiger partial charge in [-0.05, 0) is 49.1 Å². The molecule has 0 aromatic heterocycles. The minimum absolute atomic E-state index is 0.516. The first-order valence-electron chi connectivity index (χ1n) is 4.91. The zero-order valence-corrected chi connectivity index (χ0v) is 9.12. The Morgan fingerprint density at radius 3 is 2.75 bits per heavy atom. The lowest BCUT2D eigenvalue weighted by Gasteiger charge is -2.27. The molecule has 1 rings (SSSR count). The average Bonchev–Trinajstić information content (AvgIpc) is 2.45. The molecule has 0 radical (unpaired) electrons. The van der Waals surface area contributed by atoms with Crippen LogP contribution in [0.25, 0.3) is 0 Å². The molecule has 2 unspecified atom stereocenters. The molecule has 0 bridgehead atoms. The topological polar surface area (TPSA) is 26.0 Å². The molecule has 0 spiro atoms. The molecular formula is C10H21NS. The molecule has 72 valence electrons. The van der Waals surface area contributed by atoms with E-state index < -0.39 is 0 Å². The van der Waals surface area contributed by atoms with E-state index in [1.54, 1.807) is 0 Å². The fraction of sp³-hybridized carbons (Fsp3) is 1.00. The summed E-state index contributed by atoms with van der Waals surface area (Å²) in [7, 11) is 0. The molecular weight excluding hydrogens is 166 g/mol. The Balaban J connectivity index is 2.41. The average molecular weight is 187 g/mol. The van der Waals surface area contributed by atoms with Gasteiger partial charge in [-0.1, -0.05) is 13.3 Å². The highest BCUT2D eigenvalue weighted by molar-refractivity contribution is 7.98. The molecule has 1 nitrogen and oxygen atoms in total. The van der Waals surface area contributed by atoms with Crippen molar-refractivity contribution in [2.24, 2.45) is 17.1 Å². The molecule has 2 atom stereocenters. The normalized spacial score (nSPS) is 35.8. The standard InChI is InChI=1S/C10H21NS/c1-9-3-4-10(7-9,8-11)5-6-12-2/h9H,3-8,11H2,1-2H3. The van der Waals surface area contributed by atoms with Crippen molar-refractivity contribution in [2.45, 2.75) is 32.6 Å². The van der Waals surface area contributed by atoms with Crippen LogP contribution in [0.2, 0.25) is 0 Å². The van der Waals surface area contributed by atoms with Gasteiger partial charge in [-0.3, -0.25) is 0 Å². The first-order chi connectivity index (χ1) is 5.72. The summed E-state index contributed by atoms with van der Waals surface area (Å²) in [5.74, 6) is 2.19. The summed E-state index contributed by atoms with van der Waals surface area (Å²) in [5.41, 5.74) is 6.38. The summed E-state index contributed by atoms with van der Waals surface area (Å²) >= 11 is 1.95. The second-order valence-corrected chi connectivity index (χ2v) is 5.28. The third kappa shape index (κ3) is 2.40. The smallest absolute Gasteiger partial charge is 0.00201 e. The minimum Gasteiger partial charge on any atom is -0.330 e. The summed E-state index contributed by atoms with van der Waals surface area (Å²) in [6.07, 6.45) is 7.64. The summed E-state index contributed by atoms with van der Waals surface area (Å²) < 4.78 is 0. The Hall–Kier alpha value is 0.310. The van der Waals surface area contributed by atoms with Crippen molar-refractivity contribution in [2.75, 3.05) is 18.6 Å². The molecule has 0 aromatic rings. The van der Waals surface area contributed by atoms with E-state index in [4.69, 9.17) is 5.73 Å². The fourth-order valence-electron chi connectivity index (χ4n) is 2.33. The van der Waals surface area contributed by atoms with Gasteiger partial charge in [0.1, 0.15) is 0 Å². The van der Waals surface area contributed by atoms with Gasteiger partial charge in [0.15, 0.2) is 0 Å². The molecule has 0 heterocycles. The van der Waals surface area contributed by atoms with Gasteiger partial charge in [-0.15, -0.1) is 0 Å². The summed E-state index contributed by atoms with van der Waals surface area (Å²) in [4.78, 5) is 0. The molecule has 1 fully saturated rings.